The minimum absolute atomic E-state index is 0.0363. The van der Waals surface area contributed by atoms with Crippen molar-refractivity contribution in [2.75, 3.05) is 13.6 Å². The topological polar surface area (TPSA) is 72.4 Å². The normalized spacial score (nSPS) is 12.6. The van der Waals surface area contributed by atoms with Crippen LogP contribution in [0.1, 0.15) is 31.7 Å². The van der Waals surface area contributed by atoms with E-state index in [0.29, 0.717) is 29.8 Å². The van der Waals surface area contributed by atoms with Gasteiger partial charge in [-0.05, 0) is 30.7 Å². The average Bonchev–Trinajstić information content (AvgIpc) is 3.14. The fourth-order valence-electron chi connectivity index (χ4n) is 2.18. The Kier molecular flexibility index (Phi) is 5.96. The molecule has 0 aliphatic heterocycles. The monoisotopic (exact) mass is 335 g/mol. The summed E-state index contributed by atoms with van der Waals surface area (Å²) in [7, 11) is 1.81. The number of nitrogens with two attached hydrogens (primary N) is 1. The van der Waals surface area contributed by atoms with Crippen LogP contribution in [-0.2, 0) is 11.2 Å². The van der Waals surface area contributed by atoms with Crippen molar-refractivity contribution in [3.8, 4) is 11.5 Å². The summed E-state index contributed by atoms with van der Waals surface area (Å²) >= 11 is 1.59. The number of amides is 1. The molecule has 5 nitrogen and oxygen atoms in total. The average molecular weight is 335 g/mol. The Morgan fingerprint density at radius 2 is 2.22 bits per heavy atom. The number of carbonyl (C=O) groups excluding carboxylic acids is 1. The highest BCUT2D eigenvalue weighted by atomic mass is 32.1. The van der Waals surface area contributed by atoms with Crippen LogP contribution >= 0.6 is 11.3 Å². The number of hydrogen-bond donors (Lipinski definition) is 1. The van der Waals surface area contributed by atoms with Crippen LogP contribution in [0.5, 0.6) is 0 Å². The molecule has 0 fully saturated rings. The Labute approximate surface area is 141 Å². The molecule has 0 aliphatic rings. The van der Waals surface area contributed by atoms with E-state index in [4.69, 9.17) is 10.2 Å². The first-order valence-electron chi connectivity index (χ1n) is 7.87. The van der Waals surface area contributed by atoms with E-state index in [-0.39, 0.29) is 18.4 Å². The Bertz CT molecular complexity index is 634. The molecule has 23 heavy (non-hydrogen) atoms. The van der Waals surface area contributed by atoms with Crippen LogP contribution in [0.2, 0.25) is 0 Å². The lowest BCUT2D eigenvalue weighted by Crippen LogP contribution is -2.35. The van der Waals surface area contributed by atoms with E-state index in [1.54, 1.807) is 16.2 Å². The molecule has 2 aromatic rings. The molecule has 126 valence electrons. The number of rotatable bonds is 7. The zero-order valence-corrected chi connectivity index (χ0v) is 15.0. The fourth-order valence-corrected chi connectivity index (χ4v) is 2.81. The summed E-state index contributed by atoms with van der Waals surface area (Å²) in [5, 5.41) is 3.96. The molecule has 0 saturated heterocycles. The van der Waals surface area contributed by atoms with Gasteiger partial charge in [0, 0.05) is 30.6 Å². The highest BCUT2D eigenvalue weighted by molar-refractivity contribution is 7.08. The molecule has 2 heterocycles. The van der Waals surface area contributed by atoms with Gasteiger partial charge in [-0.2, -0.15) is 11.3 Å². The van der Waals surface area contributed by atoms with Gasteiger partial charge in [0.05, 0.1) is 12.1 Å². The molecule has 0 bridgehead atoms. The van der Waals surface area contributed by atoms with Crippen molar-refractivity contribution in [3.05, 3.63) is 28.3 Å². The largest absolute Gasteiger partial charge is 0.441 e. The van der Waals surface area contributed by atoms with Gasteiger partial charge in [-0.25, -0.2) is 4.98 Å². The van der Waals surface area contributed by atoms with Crippen LogP contribution < -0.4 is 5.73 Å². The predicted octanol–water partition coefficient (Wildman–Crippen LogP) is 3.09. The van der Waals surface area contributed by atoms with Crippen molar-refractivity contribution in [1.29, 1.82) is 0 Å². The second-order valence-corrected chi connectivity index (χ2v) is 7.00. The number of thiophene rings is 1. The van der Waals surface area contributed by atoms with E-state index in [1.165, 1.54) is 0 Å². The Hall–Kier alpha value is -1.66. The van der Waals surface area contributed by atoms with Crippen LogP contribution in [0.4, 0.5) is 0 Å². The van der Waals surface area contributed by atoms with Gasteiger partial charge in [-0.3, -0.25) is 4.79 Å². The van der Waals surface area contributed by atoms with Gasteiger partial charge in [0.15, 0.2) is 0 Å². The number of aryl methyl sites for hydroxylation is 1. The van der Waals surface area contributed by atoms with Crippen LogP contribution in [0.25, 0.3) is 11.5 Å². The zero-order chi connectivity index (χ0) is 17.0. The molecule has 0 aromatic carbocycles. The third-order valence-corrected chi connectivity index (χ3v) is 4.74. The Balaban J connectivity index is 1.95. The number of carbonyl (C=O) groups is 1. The molecule has 0 aliphatic carbocycles. The number of hydrogen-bond acceptors (Lipinski definition) is 5. The minimum atomic E-state index is 0.0363. The van der Waals surface area contributed by atoms with E-state index >= 15 is 0 Å². The van der Waals surface area contributed by atoms with E-state index in [2.05, 4.69) is 18.8 Å². The summed E-state index contributed by atoms with van der Waals surface area (Å²) in [6.07, 6.45) is 1.06. The third kappa shape index (κ3) is 4.65. The van der Waals surface area contributed by atoms with E-state index in [9.17, 15) is 4.79 Å². The van der Waals surface area contributed by atoms with E-state index < -0.39 is 0 Å². The Morgan fingerprint density at radius 1 is 1.48 bits per heavy atom. The van der Waals surface area contributed by atoms with Gasteiger partial charge >= 0.3 is 0 Å². The molecule has 0 spiro atoms. The third-order valence-electron chi connectivity index (χ3n) is 4.06. The molecule has 6 heteroatoms. The molecular formula is C17H25N3O2S. The van der Waals surface area contributed by atoms with Gasteiger partial charge in [-0.15, -0.1) is 0 Å². The maximum Gasteiger partial charge on any atom is 0.228 e. The van der Waals surface area contributed by atoms with E-state index in [0.717, 1.165) is 12.0 Å². The smallest absolute Gasteiger partial charge is 0.228 e. The first-order valence-corrected chi connectivity index (χ1v) is 8.81. The molecule has 2 rings (SSSR count). The zero-order valence-electron chi connectivity index (χ0n) is 14.2. The molecule has 2 N–H and O–H groups in total. The van der Waals surface area contributed by atoms with Gasteiger partial charge in [0.2, 0.25) is 11.8 Å². The van der Waals surface area contributed by atoms with Crippen LogP contribution in [0, 0.1) is 12.8 Å². The summed E-state index contributed by atoms with van der Waals surface area (Å²) < 4.78 is 5.67. The van der Waals surface area contributed by atoms with Crippen LogP contribution in [0.15, 0.2) is 21.2 Å². The molecule has 0 saturated carbocycles. The summed E-state index contributed by atoms with van der Waals surface area (Å²) in [4.78, 5) is 18.5. The second-order valence-electron chi connectivity index (χ2n) is 6.22. The lowest BCUT2D eigenvalue weighted by atomic mass is 10.0. The van der Waals surface area contributed by atoms with Crippen LogP contribution in [-0.4, -0.2) is 35.4 Å². The Morgan fingerprint density at radius 3 is 2.83 bits per heavy atom. The lowest BCUT2D eigenvalue weighted by Gasteiger charge is -2.21. The summed E-state index contributed by atoms with van der Waals surface area (Å²) in [5.74, 6) is 1.74. The number of likely N-dealkylation sites (N-methyl/N-ethyl adjacent to an activating group) is 1. The van der Waals surface area contributed by atoms with Gasteiger partial charge < -0.3 is 15.1 Å². The summed E-state index contributed by atoms with van der Waals surface area (Å²) in [6, 6.07) is 2.07. The maximum atomic E-state index is 12.3. The molecule has 0 radical (unpaired) electrons. The molecule has 1 atom stereocenters. The SMILES string of the molecule is Cc1oc(-c2ccsc2)nc1CC(=O)N(C)CCC(N)C(C)C. The van der Waals surface area contributed by atoms with Crippen molar-refractivity contribution in [1.82, 2.24) is 9.88 Å². The van der Waals surface area contributed by atoms with Gasteiger partial charge in [0.25, 0.3) is 0 Å². The molecule has 1 unspecified atom stereocenters. The first-order chi connectivity index (χ1) is 10.9. The van der Waals surface area contributed by atoms with Crippen LogP contribution in [0.3, 0.4) is 0 Å². The number of aromatic nitrogens is 1. The standard InChI is InChI=1S/C17H25N3O2S/c1-11(2)14(18)5-7-20(4)16(21)9-15-12(3)22-17(19-15)13-6-8-23-10-13/h6,8,10-11,14H,5,7,9,18H2,1-4H3. The summed E-state index contributed by atoms with van der Waals surface area (Å²) in [6.45, 7) is 6.70. The van der Waals surface area contributed by atoms with Crippen molar-refractivity contribution >= 4 is 17.2 Å². The van der Waals surface area contributed by atoms with Crippen molar-refractivity contribution in [2.24, 2.45) is 11.7 Å². The van der Waals surface area contributed by atoms with E-state index in [1.807, 2.05) is 30.8 Å². The fraction of sp³-hybridized carbons (Fsp3) is 0.529. The van der Waals surface area contributed by atoms with Crippen molar-refractivity contribution in [3.63, 3.8) is 0 Å². The van der Waals surface area contributed by atoms with Crippen molar-refractivity contribution in [2.45, 2.75) is 39.7 Å². The second kappa shape index (κ2) is 7.75. The molecule has 2 aromatic heterocycles. The van der Waals surface area contributed by atoms with Crippen molar-refractivity contribution < 1.29 is 9.21 Å². The highest BCUT2D eigenvalue weighted by Crippen LogP contribution is 2.24. The maximum absolute atomic E-state index is 12.3. The lowest BCUT2D eigenvalue weighted by molar-refractivity contribution is -0.129. The molecular weight excluding hydrogens is 310 g/mol. The summed E-state index contributed by atoms with van der Waals surface area (Å²) in [5.41, 5.74) is 7.69. The predicted molar refractivity (Wildman–Crippen MR) is 93.3 cm³/mol. The molecule has 1 amide bonds. The van der Waals surface area contributed by atoms with Gasteiger partial charge in [0.1, 0.15) is 5.76 Å². The highest BCUT2D eigenvalue weighted by Gasteiger charge is 2.18. The number of nitrogens with zero attached hydrogens (tertiary/aromatic N) is 2. The van der Waals surface area contributed by atoms with Gasteiger partial charge in [-0.1, -0.05) is 13.8 Å². The first kappa shape index (κ1) is 17.7. The minimum Gasteiger partial charge on any atom is -0.441 e. The quantitative estimate of drug-likeness (QED) is 0.844. The number of oxazole rings is 1.